The Morgan fingerprint density at radius 1 is 1.20 bits per heavy atom. The fraction of sp³-hybridized carbons (Fsp3) is 0.211. The highest BCUT2D eigenvalue weighted by atomic mass is 79.9. The number of rotatable bonds is 7. The zero-order valence-corrected chi connectivity index (χ0v) is 18.7. The van der Waals surface area contributed by atoms with E-state index in [-0.39, 0.29) is 22.9 Å². The molecule has 3 aromatic rings. The van der Waals surface area contributed by atoms with Crippen LogP contribution in [0.25, 0.3) is 11.5 Å². The highest BCUT2D eigenvalue weighted by Gasteiger charge is 2.24. The lowest BCUT2D eigenvalue weighted by atomic mass is 10.1. The number of benzene rings is 2. The van der Waals surface area contributed by atoms with E-state index in [1.165, 1.54) is 32.4 Å². The van der Waals surface area contributed by atoms with E-state index >= 15 is 0 Å². The smallest absolute Gasteiger partial charge is 0.339 e. The minimum atomic E-state index is -3.92. The summed E-state index contributed by atoms with van der Waals surface area (Å²) < 4.78 is 36.3. The molecule has 0 amide bonds. The Balaban J connectivity index is 1.74. The van der Waals surface area contributed by atoms with Crippen molar-refractivity contribution in [2.45, 2.75) is 18.4 Å². The third-order valence-electron chi connectivity index (χ3n) is 4.15. The van der Waals surface area contributed by atoms with Crippen molar-refractivity contribution in [3.05, 3.63) is 63.9 Å². The summed E-state index contributed by atoms with van der Waals surface area (Å²) in [6.45, 7) is 1.73. The summed E-state index contributed by atoms with van der Waals surface area (Å²) >= 11 is 3.23. The van der Waals surface area contributed by atoms with Gasteiger partial charge in [-0.1, -0.05) is 27.3 Å². The highest BCUT2D eigenvalue weighted by molar-refractivity contribution is 9.10. The molecule has 0 aliphatic heterocycles. The number of nitrogens with zero attached hydrogens (tertiary/aromatic N) is 3. The maximum absolute atomic E-state index is 12.5. The number of aromatic nitrogens is 2. The van der Waals surface area contributed by atoms with Crippen molar-refractivity contribution < 1.29 is 27.3 Å². The molecule has 0 unspecified atom stereocenters. The molecule has 0 spiro atoms. The van der Waals surface area contributed by atoms with Crippen LogP contribution in [0.15, 0.2) is 56.4 Å². The van der Waals surface area contributed by atoms with E-state index in [9.17, 15) is 13.2 Å². The molecule has 158 valence electrons. The van der Waals surface area contributed by atoms with Crippen molar-refractivity contribution in [2.75, 3.05) is 14.2 Å². The fourth-order valence-electron chi connectivity index (χ4n) is 2.40. The number of aryl methyl sites for hydroxylation is 1. The molecule has 2 aromatic carbocycles. The molecule has 0 saturated heterocycles. The van der Waals surface area contributed by atoms with Gasteiger partial charge in [0.15, 0.2) is 6.61 Å². The Kier molecular flexibility index (Phi) is 6.66. The molecule has 0 aliphatic rings. The molecule has 0 aliphatic carbocycles. The molecular weight excluding hydrogens is 478 g/mol. The molecule has 30 heavy (non-hydrogen) atoms. The van der Waals surface area contributed by atoms with Crippen LogP contribution in [0, 0.1) is 6.92 Å². The van der Waals surface area contributed by atoms with Crippen LogP contribution in [0.1, 0.15) is 21.7 Å². The number of esters is 1. The molecule has 1 heterocycles. The normalized spacial score (nSPS) is 11.6. The van der Waals surface area contributed by atoms with Crippen LogP contribution in [0.5, 0.6) is 0 Å². The van der Waals surface area contributed by atoms with Gasteiger partial charge in [-0.05, 0) is 53.2 Å². The summed E-state index contributed by atoms with van der Waals surface area (Å²) in [5, 5.41) is 3.80. The van der Waals surface area contributed by atoms with Crippen molar-refractivity contribution in [3.8, 4) is 11.5 Å². The second-order valence-corrected chi connectivity index (χ2v) is 8.99. The Morgan fingerprint density at radius 2 is 1.90 bits per heavy atom. The van der Waals surface area contributed by atoms with Crippen molar-refractivity contribution in [1.82, 2.24) is 14.6 Å². The minimum Gasteiger partial charge on any atom is -0.454 e. The van der Waals surface area contributed by atoms with Gasteiger partial charge in [-0.15, -0.1) is 0 Å². The topological polar surface area (TPSA) is 112 Å². The van der Waals surface area contributed by atoms with Gasteiger partial charge in [0.1, 0.15) is 0 Å². The lowest BCUT2D eigenvalue weighted by Crippen LogP contribution is -2.26. The highest BCUT2D eigenvalue weighted by Crippen LogP contribution is 2.24. The second-order valence-electron chi connectivity index (χ2n) is 6.20. The summed E-state index contributed by atoms with van der Waals surface area (Å²) in [5.41, 5.74) is 1.87. The SMILES string of the molecule is CON(C)S(=O)(=O)c1ccc(Br)c(C(=O)OCc2noc(-c3ccc(C)cc3)n2)c1. The Hall–Kier alpha value is -2.60. The van der Waals surface area contributed by atoms with Crippen molar-refractivity contribution in [2.24, 2.45) is 0 Å². The standard InChI is InChI=1S/C19H18BrN3O6S/c1-12-4-6-13(7-5-12)18-21-17(22-29-18)11-28-19(24)15-10-14(8-9-16(15)20)30(25,26)23(2)27-3/h4-10H,11H2,1-3H3. The van der Waals surface area contributed by atoms with Gasteiger partial charge in [0, 0.05) is 17.1 Å². The predicted molar refractivity (Wildman–Crippen MR) is 110 cm³/mol. The van der Waals surface area contributed by atoms with E-state index in [4.69, 9.17) is 14.1 Å². The zero-order chi connectivity index (χ0) is 21.9. The van der Waals surface area contributed by atoms with E-state index in [0.29, 0.717) is 14.8 Å². The van der Waals surface area contributed by atoms with Crippen LogP contribution in [-0.4, -0.2) is 43.2 Å². The van der Waals surface area contributed by atoms with Crippen LogP contribution in [-0.2, 0) is 26.2 Å². The lowest BCUT2D eigenvalue weighted by Gasteiger charge is -2.15. The first-order chi connectivity index (χ1) is 14.2. The van der Waals surface area contributed by atoms with E-state index in [0.717, 1.165) is 11.1 Å². The summed E-state index contributed by atoms with van der Waals surface area (Å²) in [6.07, 6.45) is 0. The molecule has 11 heteroatoms. The van der Waals surface area contributed by atoms with Crippen molar-refractivity contribution in [3.63, 3.8) is 0 Å². The average Bonchev–Trinajstić information content (AvgIpc) is 3.21. The van der Waals surface area contributed by atoms with E-state index in [1.807, 2.05) is 31.2 Å². The number of sulfonamides is 1. The zero-order valence-electron chi connectivity index (χ0n) is 16.3. The number of ether oxygens (including phenoxy) is 1. The van der Waals surface area contributed by atoms with E-state index in [2.05, 4.69) is 26.1 Å². The fourth-order valence-corrected chi connectivity index (χ4v) is 3.81. The molecule has 3 rings (SSSR count). The van der Waals surface area contributed by atoms with Gasteiger partial charge in [0.05, 0.1) is 17.6 Å². The van der Waals surface area contributed by atoms with Crippen molar-refractivity contribution >= 4 is 31.9 Å². The maximum Gasteiger partial charge on any atom is 0.339 e. The average molecular weight is 496 g/mol. The lowest BCUT2D eigenvalue weighted by molar-refractivity contribution is -0.0258. The largest absolute Gasteiger partial charge is 0.454 e. The Labute approximate surface area is 181 Å². The Bertz CT molecular complexity index is 1160. The summed E-state index contributed by atoms with van der Waals surface area (Å²) in [7, 11) is -1.45. The van der Waals surface area contributed by atoms with Gasteiger partial charge >= 0.3 is 5.97 Å². The first kappa shape index (κ1) is 22.1. The van der Waals surface area contributed by atoms with E-state index in [1.54, 1.807) is 0 Å². The van der Waals surface area contributed by atoms with Gasteiger partial charge in [0.2, 0.25) is 5.82 Å². The number of hydroxylamine groups is 1. The monoisotopic (exact) mass is 495 g/mol. The minimum absolute atomic E-state index is 0.0304. The number of hydrogen-bond acceptors (Lipinski definition) is 8. The van der Waals surface area contributed by atoms with Crippen LogP contribution in [0.4, 0.5) is 0 Å². The van der Waals surface area contributed by atoms with Crippen LogP contribution in [0.2, 0.25) is 0 Å². The Morgan fingerprint density at radius 3 is 2.57 bits per heavy atom. The van der Waals surface area contributed by atoms with E-state index < -0.39 is 16.0 Å². The third kappa shape index (κ3) is 4.75. The molecule has 0 fully saturated rings. The van der Waals surface area contributed by atoms with Gasteiger partial charge in [0.25, 0.3) is 15.9 Å². The molecule has 0 bridgehead atoms. The summed E-state index contributed by atoms with van der Waals surface area (Å²) in [4.78, 5) is 21.3. The van der Waals surface area contributed by atoms with Gasteiger partial charge in [-0.2, -0.15) is 4.98 Å². The molecule has 0 saturated carbocycles. The summed E-state index contributed by atoms with van der Waals surface area (Å²) in [6, 6.07) is 11.5. The third-order valence-corrected chi connectivity index (χ3v) is 6.52. The molecule has 0 radical (unpaired) electrons. The first-order valence-electron chi connectivity index (χ1n) is 8.61. The first-order valence-corrected chi connectivity index (χ1v) is 10.8. The van der Waals surface area contributed by atoms with Crippen LogP contribution < -0.4 is 0 Å². The van der Waals surface area contributed by atoms with Gasteiger partial charge < -0.3 is 9.26 Å². The van der Waals surface area contributed by atoms with Crippen molar-refractivity contribution in [1.29, 1.82) is 0 Å². The number of carbonyl (C=O) groups excluding carboxylic acids is 1. The van der Waals surface area contributed by atoms with Gasteiger partial charge in [-0.25, -0.2) is 13.2 Å². The number of hydrogen-bond donors (Lipinski definition) is 0. The predicted octanol–water partition coefficient (Wildman–Crippen LogP) is 3.35. The number of carbonyl (C=O) groups is 1. The second kappa shape index (κ2) is 9.04. The maximum atomic E-state index is 12.5. The molecular formula is C19H18BrN3O6S. The van der Waals surface area contributed by atoms with Crippen LogP contribution >= 0.6 is 15.9 Å². The molecule has 0 atom stereocenters. The molecule has 9 nitrogen and oxygen atoms in total. The quantitative estimate of drug-likeness (QED) is 0.362. The molecule has 1 aromatic heterocycles. The summed E-state index contributed by atoms with van der Waals surface area (Å²) in [5.74, 6) is -0.267. The number of halogens is 1. The van der Waals surface area contributed by atoms with Gasteiger partial charge in [-0.3, -0.25) is 4.84 Å². The van der Waals surface area contributed by atoms with Crippen LogP contribution in [0.3, 0.4) is 0 Å². The molecule has 0 N–H and O–H groups in total.